The molecule has 1 aromatic rings. The molecule has 1 unspecified atom stereocenters. The van der Waals surface area contributed by atoms with E-state index in [4.69, 9.17) is 4.74 Å². The molecular weight excluding hydrogens is 202 g/mol. The van der Waals surface area contributed by atoms with Crippen molar-refractivity contribution < 1.29 is 9.84 Å². The second-order valence-corrected chi connectivity index (χ2v) is 4.51. The van der Waals surface area contributed by atoms with Crippen molar-refractivity contribution in [3.8, 4) is 5.75 Å². The van der Waals surface area contributed by atoms with E-state index in [0.29, 0.717) is 11.7 Å². The van der Waals surface area contributed by atoms with Gasteiger partial charge in [0.25, 0.3) is 0 Å². The number of rotatable bonds is 3. The van der Waals surface area contributed by atoms with E-state index in [1.807, 2.05) is 26.0 Å². The molecule has 2 N–H and O–H groups in total. The van der Waals surface area contributed by atoms with Crippen molar-refractivity contribution in [2.45, 2.75) is 20.3 Å². The highest BCUT2D eigenvalue weighted by Crippen LogP contribution is 2.28. The van der Waals surface area contributed by atoms with E-state index in [9.17, 15) is 5.11 Å². The molecule has 1 aliphatic rings. The summed E-state index contributed by atoms with van der Waals surface area (Å²) in [6.45, 7) is 6.50. The highest BCUT2D eigenvalue weighted by Gasteiger charge is 2.15. The molecule has 3 nitrogen and oxygen atoms in total. The van der Waals surface area contributed by atoms with Gasteiger partial charge in [-0.2, -0.15) is 0 Å². The molecule has 0 radical (unpaired) electrons. The fourth-order valence-corrected chi connectivity index (χ4v) is 2.03. The average Bonchev–Trinajstić information content (AvgIpc) is 2.78. The number of ether oxygens (including phenoxy) is 1. The molecule has 0 bridgehead atoms. The van der Waals surface area contributed by atoms with Gasteiger partial charge in [0.15, 0.2) is 0 Å². The third-order valence-corrected chi connectivity index (χ3v) is 3.24. The summed E-state index contributed by atoms with van der Waals surface area (Å²) in [4.78, 5) is 0. The first kappa shape index (κ1) is 11.3. The number of nitrogens with one attached hydrogen (secondary N) is 1. The van der Waals surface area contributed by atoms with Crippen LogP contribution in [0.4, 0.5) is 5.69 Å². The Hall–Kier alpha value is -1.22. The zero-order valence-electron chi connectivity index (χ0n) is 9.92. The maximum absolute atomic E-state index is 9.81. The first-order chi connectivity index (χ1) is 7.68. The topological polar surface area (TPSA) is 41.5 Å². The standard InChI is InChI=1S/C13H19NO2/c1-9-3-4-12(10(2)13(9)15)14-7-11-5-6-16-8-11/h3-4,11,14-15H,5-8H2,1-2H3. The third kappa shape index (κ3) is 2.30. The van der Waals surface area contributed by atoms with Gasteiger partial charge in [0.2, 0.25) is 0 Å². The molecule has 1 aliphatic heterocycles. The lowest BCUT2D eigenvalue weighted by Gasteiger charge is -2.14. The lowest BCUT2D eigenvalue weighted by Crippen LogP contribution is -2.14. The van der Waals surface area contributed by atoms with E-state index in [2.05, 4.69) is 5.32 Å². The number of aromatic hydroxyl groups is 1. The Morgan fingerprint density at radius 2 is 2.25 bits per heavy atom. The number of hydrogen-bond acceptors (Lipinski definition) is 3. The molecule has 1 fully saturated rings. The lowest BCUT2D eigenvalue weighted by molar-refractivity contribution is 0.187. The van der Waals surface area contributed by atoms with Crippen molar-refractivity contribution in [3.05, 3.63) is 23.3 Å². The van der Waals surface area contributed by atoms with Crippen molar-refractivity contribution in [1.82, 2.24) is 0 Å². The molecule has 1 saturated heterocycles. The number of phenolic OH excluding ortho intramolecular Hbond substituents is 1. The molecule has 0 aliphatic carbocycles. The zero-order valence-corrected chi connectivity index (χ0v) is 9.92. The molecule has 0 spiro atoms. The van der Waals surface area contributed by atoms with Crippen molar-refractivity contribution in [3.63, 3.8) is 0 Å². The third-order valence-electron chi connectivity index (χ3n) is 3.24. The minimum atomic E-state index is 0.396. The van der Waals surface area contributed by atoms with Crippen LogP contribution < -0.4 is 5.32 Å². The predicted octanol–water partition coefficient (Wildman–Crippen LogP) is 2.46. The summed E-state index contributed by atoms with van der Waals surface area (Å²) in [5, 5.41) is 13.2. The maximum Gasteiger partial charge on any atom is 0.123 e. The summed E-state index contributed by atoms with van der Waals surface area (Å²) in [5.41, 5.74) is 2.88. The molecule has 16 heavy (non-hydrogen) atoms. The summed E-state index contributed by atoms with van der Waals surface area (Å²) >= 11 is 0. The van der Waals surface area contributed by atoms with E-state index in [-0.39, 0.29) is 0 Å². The van der Waals surface area contributed by atoms with Gasteiger partial charge in [-0.05, 0) is 31.9 Å². The minimum absolute atomic E-state index is 0.396. The molecule has 0 amide bonds. The van der Waals surface area contributed by atoms with Gasteiger partial charge in [-0.1, -0.05) is 6.07 Å². The largest absolute Gasteiger partial charge is 0.507 e. The van der Waals surface area contributed by atoms with Gasteiger partial charge in [-0.15, -0.1) is 0 Å². The zero-order chi connectivity index (χ0) is 11.5. The highest BCUT2D eigenvalue weighted by molar-refractivity contribution is 5.59. The minimum Gasteiger partial charge on any atom is -0.507 e. The summed E-state index contributed by atoms with van der Waals surface area (Å²) in [6.07, 6.45) is 1.13. The Kier molecular flexibility index (Phi) is 3.34. The van der Waals surface area contributed by atoms with Crippen LogP contribution in [-0.2, 0) is 4.74 Å². The van der Waals surface area contributed by atoms with Crippen molar-refractivity contribution >= 4 is 5.69 Å². The number of benzene rings is 1. The van der Waals surface area contributed by atoms with E-state index in [1.54, 1.807) is 0 Å². The fourth-order valence-electron chi connectivity index (χ4n) is 2.03. The van der Waals surface area contributed by atoms with Crippen LogP contribution in [0.1, 0.15) is 17.5 Å². The van der Waals surface area contributed by atoms with Crippen LogP contribution in [0.25, 0.3) is 0 Å². The molecule has 1 atom stereocenters. The molecule has 1 aromatic carbocycles. The second kappa shape index (κ2) is 4.74. The van der Waals surface area contributed by atoms with Crippen LogP contribution in [0.3, 0.4) is 0 Å². The van der Waals surface area contributed by atoms with Gasteiger partial charge in [-0.25, -0.2) is 0 Å². The number of hydrogen-bond donors (Lipinski definition) is 2. The van der Waals surface area contributed by atoms with Gasteiger partial charge in [0.1, 0.15) is 5.75 Å². The summed E-state index contributed by atoms with van der Waals surface area (Å²) in [5.74, 6) is 0.996. The van der Waals surface area contributed by atoms with Gasteiger partial charge in [0, 0.05) is 30.3 Å². The molecule has 1 heterocycles. The molecule has 0 saturated carbocycles. The van der Waals surface area contributed by atoms with E-state index in [1.165, 1.54) is 0 Å². The highest BCUT2D eigenvalue weighted by atomic mass is 16.5. The molecule has 3 heteroatoms. The second-order valence-electron chi connectivity index (χ2n) is 4.51. The van der Waals surface area contributed by atoms with E-state index >= 15 is 0 Å². The molecule has 2 rings (SSSR count). The molecule has 0 aromatic heterocycles. The quantitative estimate of drug-likeness (QED) is 0.823. The van der Waals surface area contributed by atoms with Crippen molar-refractivity contribution in [2.75, 3.05) is 25.1 Å². The summed E-state index contributed by atoms with van der Waals surface area (Å²) < 4.78 is 5.33. The van der Waals surface area contributed by atoms with E-state index < -0.39 is 0 Å². The first-order valence-corrected chi connectivity index (χ1v) is 5.79. The molecular formula is C13H19NO2. The van der Waals surface area contributed by atoms with Crippen LogP contribution in [0, 0.1) is 19.8 Å². The van der Waals surface area contributed by atoms with Crippen molar-refractivity contribution in [1.29, 1.82) is 0 Å². The van der Waals surface area contributed by atoms with Crippen LogP contribution in [-0.4, -0.2) is 24.9 Å². The number of phenols is 1. The van der Waals surface area contributed by atoms with Gasteiger partial charge in [-0.3, -0.25) is 0 Å². The van der Waals surface area contributed by atoms with Crippen LogP contribution in [0.2, 0.25) is 0 Å². The van der Waals surface area contributed by atoms with Crippen LogP contribution in [0.15, 0.2) is 12.1 Å². The van der Waals surface area contributed by atoms with Crippen LogP contribution in [0.5, 0.6) is 5.75 Å². The van der Waals surface area contributed by atoms with Gasteiger partial charge in [0.05, 0.1) is 6.61 Å². The van der Waals surface area contributed by atoms with E-state index in [0.717, 1.165) is 43.0 Å². The summed E-state index contributed by atoms with van der Waals surface area (Å²) in [7, 11) is 0. The van der Waals surface area contributed by atoms with Crippen molar-refractivity contribution in [2.24, 2.45) is 5.92 Å². The number of anilines is 1. The van der Waals surface area contributed by atoms with Gasteiger partial charge < -0.3 is 15.2 Å². The Balaban J connectivity index is 2.01. The van der Waals surface area contributed by atoms with Gasteiger partial charge >= 0.3 is 0 Å². The Morgan fingerprint density at radius 3 is 2.94 bits per heavy atom. The normalized spacial score (nSPS) is 20.0. The maximum atomic E-state index is 9.81. The van der Waals surface area contributed by atoms with Crippen LogP contribution >= 0.6 is 0 Å². The Labute approximate surface area is 96.4 Å². The SMILES string of the molecule is Cc1ccc(NCC2CCOC2)c(C)c1O. The number of aryl methyl sites for hydroxylation is 1. The Bertz CT molecular complexity index is 370. The monoisotopic (exact) mass is 221 g/mol. The lowest BCUT2D eigenvalue weighted by atomic mass is 10.1. The molecule has 88 valence electrons. The Morgan fingerprint density at radius 1 is 1.44 bits per heavy atom. The smallest absolute Gasteiger partial charge is 0.123 e. The average molecular weight is 221 g/mol. The predicted molar refractivity (Wildman–Crippen MR) is 65.0 cm³/mol. The fraction of sp³-hybridized carbons (Fsp3) is 0.538. The first-order valence-electron chi connectivity index (χ1n) is 5.79. The summed E-state index contributed by atoms with van der Waals surface area (Å²) in [6, 6.07) is 3.97.